The van der Waals surface area contributed by atoms with Crippen LogP contribution in [0.5, 0.6) is 0 Å². The summed E-state index contributed by atoms with van der Waals surface area (Å²) in [6.07, 6.45) is 4.14. The van der Waals surface area contributed by atoms with Crippen LogP contribution < -0.4 is 0 Å². The third kappa shape index (κ3) is 12.6. The van der Waals surface area contributed by atoms with Gasteiger partial charge in [0.25, 0.3) is 23.6 Å². The van der Waals surface area contributed by atoms with Crippen molar-refractivity contribution in [1.29, 1.82) is 10.5 Å². The van der Waals surface area contributed by atoms with Gasteiger partial charge in [0.2, 0.25) is 10.8 Å². The van der Waals surface area contributed by atoms with Crippen LogP contribution in [0, 0.1) is 34.5 Å². The first-order valence-corrected chi connectivity index (χ1v) is 34.7. The van der Waals surface area contributed by atoms with Gasteiger partial charge in [-0.15, -0.1) is 22.7 Å². The van der Waals surface area contributed by atoms with Crippen molar-refractivity contribution in [2.75, 3.05) is 0 Å². The fraction of sp³-hybridized carbons (Fsp3) is 0.146. The minimum Gasteiger partial charge on any atom is -0.459 e. The van der Waals surface area contributed by atoms with E-state index in [0.717, 1.165) is 22.7 Å². The highest BCUT2D eigenvalue weighted by Crippen LogP contribution is 2.63. The molecule has 6 aromatic carbocycles. The number of nitrogens with zero attached hydrogens (tertiary/aromatic N) is 6. The number of hydrogen-bond acceptors (Lipinski definition) is 22. The monoisotopic (exact) mass is 1440 g/mol. The molecule has 22 nitrogen and oxygen atoms in total. The van der Waals surface area contributed by atoms with Gasteiger partial charge in [0, 0.05) is 43.9 Å². The number of rotatable bonds is 18. The number of carbonyl (C=O) groups is 10. The van der Waals surface area contributed by atoms with Gasteiger partial charge in [0.15, 0.2) is 0 Å². The Bertz CT molecular complexity index is 4960. The van der Waals surface area contributed by atoms with Gasteiger partial charge in [-0.05, 0) is 81.7 Å². The maximum Gasteiger partial charge on any atom is 0.424 e. The van der Waals surface area contributed by atoms with Crippen molar-refractivity contribution in [3.8, 4) is 12.1 Å². The summed E-state index contributed by atoms with van der Waals surface area (Å²) in [4.78, 5) is 159. The van der Waals surface area contributed by atoms with Crippen molar-refractivity contribution in [3.05, 3.63) is 306 Å². The Hall–Kier alpha value is -13.4. The van der Waals surface area contributed by atoms with Crippen molar-refractivity contribution in [3.63, 3.8) is 0 Å². The minimum absolute atomic E-state index is 0.0104. The number of carbonyl (C=O) groups excluding carboxylic acids is 10. The number of esters is 4. The van der Waals surface area contributed by atoms with E-state index in [9.17, 15) is 39.3 Å². The van der Waals surface area contributed by atoms with Crippen LogP contribution in [0.2, 0.25) is 0 Å². The average Bonchev–Trinajstić information content (AvgIpc) is 1.52. The van der Waals surface area contributed by atoms with Crippen LogP contribution in [-0.4, -0.2) is 80.9 Å². The number of aliphatic imine (C=N–C) groups is 2. The fourth-order valence-electron chi connectivity index (χ4n) is 13.3. The minimum atomic E-state index is -2.52. The zero-order valence-corrected chi connectivity index (χ0v) is 57.8. The molecule has 106 heavy (non-hydrogen) atoms. The quantitative estimate of drug-likeness (QED) is 0.0333. The average molecular weight is 1450 g/mol. The molecule has 2 unspecified atom stereocenters. The van der Waals surface area contributed by atoms with Crippen molar-refractivity contribution in [2.24, 2.45) is 21.8 Å². The molecule has 24 heteroatoms. The molecule has 2 atom stereocenters. The van der Waals surface area contributed by atoms with Crippen molar-refractivity contribution in [2.45, 2.75) is 64.3 Å². The first-order chi connectivity index (χ1) is 51.4. The van der Waals surface area contributed by atoms with Crippen LogP contribution in [0.4, 0.5) is 19.6 Å². The van der Waals surface area contributed by atoms with E-state index in [4.69, 9.17) is 38.4 Å². The molecule has 0 N–H and O–H groups in total. The number of fused-ring (bicyclic) bond motifs is 7. The summed E-state index contributed by atoms with van der Waals surface area (Å²) in [6.45, 7) is 0.605. The summed E-state index contributed by atoms with van der Waals surface area (Å²) in [7, 11) is 0. The lowest BCUT2D eigenvalue weighted by molar-refractivity contribution is -0.166. The Labute approximate surface area is 612 Å². The summed E-state index contributed by atoms with van der Waals surface area (Å²) < 4.78 is 35.9. The third-order valence-corrected chi connectivity index (χ3v) is 20.8. The molecule has 6 aliphatic rings. The Balaban J connectivity index is 0.940. The second-order valence-corrected chi connectivity index (χ2v) is 27.1. The summed E-state index contributed by atoms with van der Waals surface area (Å²) >= 11 is 1.82. The van der Waals surface area contributed by atoms with E-state index in [-0.39, 0.29) is 114 Å². The van der Waals surface area contributed by atoms with E-state index < -0.39 is 105 Å². The lowest BCUT2D eigenvalue weighted by atomic mass is 9.68. The molecular formula is C82H56N6O16S2. The standard InChI is InChI=1S/C82H56N6O16S2/c1-47-59(39-83)71(89)87(79(97)103-45-53-29-17-7-18-30-53)73(91)67(47)85-65-37-63-69(105-65)57-33-55-36-62-58(34-56(55)35-61(57)81(63,75(93)99-41-49-21-9-3-10-22-49)76(94)100-42-50-23-11-4-12-24-50)70-64(82(62,77(95)101-43-51-25-13-5-14-26-51)78(96)102-44-52-27-15-6-16-28-52)38-66(106-70)86-68-48(2)60(40-84)72(90)88(74(68)92)80(98)104-46-54-31-19-8-20-32-54/h3-38,55-56H,41-46H2,1-2H3/b85-67-,86-68-. The van der Waals surface area contributed by atoms with Gasteiger partial charge in [-0.25, -0.2) is 19.6 Å². The Morgan fingerprint density at radius 1 is 0.396 bits per heavy atom. The maximum absolute atomic E-state index is 16.0. The molecule has 0 bridgehead atoms. The molecule has 0 fully saturated rings. The first kappa shape index (κ1) is 69.7. The number of allylic oxidation sites excluding steroid dienone is 6. The highest BCUT2D eigenvalue weighted by molar-refractivity contribution is 7.17. The zero-order chi connectivity index (χ0) is 74.0. The summed E-state index contributed by atoms with van der Waals surface area (Å²) in [5.41, 5.74) is -3.66. The molecule has 8 aromatic rings. The SMILES string of the molecule is CC1=C(C#N)C(=O)N(C(=O)OCc2ccccc2)C(=O)/C1=N\c1cc2c(s1)C1=CC3C=C4C(=CC3C=C1C2(C(=O)OCc1ccccc1)C(=O)OCc1ccccc1)c1sc(/N=C2\C(=O)N(C(=O)OCc3ccccc3)C(=O)C(C#N)=C2C)cc1C4(C(=O)OCc1ccccc1)C(=O)OCc1ccccc1. The van der Waals surface area contributed by atoms with Gasteiger partial charge >= 0.3 is 36.1 Å². The Kier molecular flexibility index (Phi) is 19.1. The number of benzene rings is 6. The van der Waals surface area contributed by atoms with Crippen molar-refractivity contribution in [1.82, 2.24) is 9.80 Å². The molecule has 4 heterocycles. The van der Waals surface area contributed by atoms with Crippen LogP contribution in [0.15, 0.2) is 262 Å². The van der Waals surface area contributed by atoms with Gasteiger partial charge in [0.05, 0.1) is 0 Å². The van der Waals surface area contributed by atoms with E-state index in [1.165, 1.54) is 26.0 Å². The molecule has 4 aliphatic carbocycles. The van der Waals surface area contributed by atoms with Gasteiger partial charge in [0.1, 0.15) is 84.4 Å². The van der Waals surface area contributed by atoms with E-state index in [1.54, 1.807) is 218 Å². The Morgan fingerprint density at radius 2 is 0.660 bits per heavy atom. The van der Waals surface area contributed by atoms with E-state index in [2.05, 4.69) is 0 Å². The molecule has 0 spiro atoms. The van der Waals surface area contributed by atoms with Crippen LogP contribution in [0.1, 0.15) is 68.1 Å². The zero-order valence-electron chi connectivity index (χ0n) is 56.2. The van der Waals surface area contributed by atoms with Gasteiger partial charge < -0.3 is 28.4 Å². The van der Waals surface area contributed by atoms with Crippen LogP contribution in [0.25, 0.3) is 11.1 Å². The molecule has 522 valence electrons. The maximum atomic E-state index is 16.0. The molecule has 2 aromatic heterocycles. The molecule has 0 saturated carbocycles. The number of hydrogen-bond donors (Lipinski definition) is 0. The molecule has 2 aliphatic heterocycles. The number of amides is 6. The van der Waals surface area contributed by atoms with Gasteiger partial charge in [-0.1, -0.05) is 206 Å². The molecule has 0 saturated heterocycles. The van der Waals surface area contributed by atoms with Crippen molar-refractivity contribution < 1.29 is 76.4 Å². The highest BCUT2D eigenvalue weighted by Gasteiger charge is 2.65. The first-order valence-electron chi connectivity index (χ1n) is 33.1. The lowest BCUT2D eigenvalue weighted by Gasteiger charge is -2.35. The van der Waals surface area contributed by atoms with Gasteiger partial charge in [-0.2, -0.15) is 20.3 Å². The predicted molar refractivity (Wildman–Crippen MR) is 384 cm³/mol. The summed E-state index contributed by atoms with van der Waals surface area (Å²) in [5, 5.41) is 20.7. The Morgan fingerprint density at radius 3 is 0.925 bits per heavy atom. The number of thiophene rings is 2. The van der Waals surface area contributed by atoms with Crippen molar-refractivity contribution >= 4 is 115 Å². The third-order valence-electron chi connectivity index (χ3n) is 18.6. The van der Waals surface area contributed by atoms with Crippen LogP contribution >= 0.6 is 22.7 Å². The van der Waals surface area contributed by atoms with E-state index >= 15 is 19.2 Å². The largest absolute Gasteiger partial charge is 0.459 e. The lowest BCUT2D eigenvalue weighted by Crippen LogP contribution is -2.50. The second-order valence-electron chi connectivity index (χ2n) is 25.0. The molecular weight excluding hydrogens is 1390 g/mol. The second kappa shape index (κ2) is 29.1. The summed E-state index contributed by atoms with van der Waals surface area (Å²) in [6, 6.07) is 58.1. The molecule has 0 radical (unpaired) electrons. The number of ether oxygens (including phenoxy) is 6. The summed E-state index contributed by atoms with van der Waals surface area (Å²) in [5.74, 6) is -11.1. The smallest absolute Gasteiger partial charge is 0.424 e. The predicted octanol–water partition coefficient (Wildman–Crippen LogP) is 13.1. The number of imide groups is 6. The van der Waals surface area contributed by atoms with Crippen LogP contribution in [0.3, 0.4) is 0 Å². The normalized spacial score (nSPS) is 18.0. The van der Waals surface area contributed by atoms with Gasteiger partial charge in [-0.3, -0.25) is 38.4 Å². The highest BCUT2D eigenvalue weighted by atomic mass is 32.1. The number of nitriles is 2. The van der Waals surface area contributed by atoms with E-state index in [1.807, 2.05) is 0 Å². The topological polar surface area (TPSA) is 305 Å². The van der Waals surface area contributed by atoms with Crippen LogP contribution in [-0.2, 0) is 117 Å². The van der Waals surface area contributed by atoms with E-state index in [0.29, 0.717) is 33.4 Å². The fourth-order valence-corrected chi connectivity index (χ4v) is 15.6. The molecule has 6 amide bonds. The molecule has 14 rings (SSSR count).